The Morgan fingerprint density at radius 2 is 0.836 bits per heavy atom. The van der Waals surface area contributed by atoms with Gasteiger partial charge in [0.25, 0.3) is 0 Å². The van der Waals surface area contributed by atoms with Crippen molar-refractivity contribution >= 4 is 65.4 Å². The third-order valence-electron chi connectivity index (χ3n) is 11.1. The van der Waals surface area contributed by atoms with Gasteiger partial charge in [0.1, 0.15) is 6.07 Å². The van der Waals surface area contributed by atoms with E-state index < -0.39 is 0 Å². The van der Waals surface area contributed by atoms with E-state index in [2.05, 4.69) is 165 Å². The van der Waals surface area contributed by atoms with E-state index in [1.54, 1.807) is 0 Å². The summed E-state index contributed by atoms with van der Waals surface area (Å²) in [5, 5.41) is 27.4. The standard InChI is InChI=1S/C50H29N5/c51-30-32-27-28-38(48(29-32)55-44-23-9-4-17-37(44)39-19-11-13-33(31-52)50(39)55)36-16-3-8-22-43(36)54-45-24-10-5-18-40(45)49-46(25-12-26-47(49)54)53-41-20-6-1-14-34(41)35-15-2-7-21-42(35)53/h1-29H. The molecular formula is C50H29N5. The lowest BCUT2D eigenvalue weighted by molar-refractivity contribution is 1.15. The molecule has 0 spiro atoms. The average Bonchev–Trinajstić information content (AvgIpc) is 3.89. The van der Waals surface area contributed by atoms with Gasteiger partial charge in [-0.1, -0.05) is 115 Å². The third kappa shape index (κ3) is 4.33. The van der Waals surface area contributed by atoms with Gasteiger partial charge in [-0.25, -0.2) is 0 Å². The molecule has 0 radical (unpaired) electrons. The van der Waals surface area contributed by atoms with E-state index in [0.717, 1.165) is 66.4 Å². The highest BCUT2D eigenvalue weighted by atomic mass is 15.0. The first-order chi connectivity index (χ1) is 27.2. The van der Waals surface area contributed by atoms with Crippen molar-refractivity contribution in [1.29, 1.82) is 10.5 Å². The molecule has 0 unspecified atom stereocenters. The Morgan fingerprint density at radius 1 is 0.345 bits per heavy atom. The molecule has 5 heteroatoms. The molecular weight excluding hydrogens is 671 g/mol. The van der Waals surface area contributed by atoms with E-state index in [9.17, 15) is 10.5 Å². The lowest BCUT2D eigenvalue weighted by Crippen LogP contribution is -2.02. The van der Waals surface area contributed by atoms with Crippen LogP contribution in [0.3, 0.4) is 0 Å². The van der Waals surface area contributed by atoms with Gasteiger partial charge in [0.2, 0.25) is 0 Å². The van der Waals surface area contributed by atoms with Crippen LogP contribution in [0.2, 0.25) is 0 Å². The molecule has 11 rings (SSSR count). The molecule has 0 saturated heterocycles. The quantitative estimate of drug-likeness (QED) is 0.184. The Bertz CT molecular complexity index is 3420. The van der Waals surface area contributed by atoms with E-state index in [1.807, 2.05) is 36.4 Å². The molecule has 0 saturated carbocycles. The molecule has 8 aromatic carbocycles. The molecule has 11 aromatic rings. The van der Waals surface area contributed by atoms with E-state index in [4.69, 9.17) is 0 Å². The Kier molecular flexibility index (Phi) is 6.61. The third-order valence-corrected chi connectivity index (χ3v) is 11.1. The van der Waals surface area contributed by atoms with E-state index >= 15 is 0 Å². The van der Waals surface area contributed by atoms with Crippen molar-refractivity contribution in [2.45, 2.75) is 0 Å². The number of nitrogens with zero attached hydrogens (tertiary/aromatic N) is 5. The molecule has 0 atom stereocenters. The lowest BCUT2D eigenvalue weighted by Gasteiger charge is -2.19. The molecule has 254 valence electrons. The number of fused-ring (bicyclic) bond motifs is 9. The zero-order valence-electron chi connectivity index (χ0n) is 29.5. The summed E-state index contributed by atoms with van der Waals surface area (Å²) < 4.78 is 6.96. The molecule has 0 aliphatic heterocycles. The maximum Gasteiger partial charge on any atom is 0.101 e. The fourth-order valence-electron chi connectivity index (χ4n) is 8.90. The average molecular weight is 700 g/mol. The van der Waals surface area contributed by atoms with Crippen molar-refractivity contribution in [3.05, 3.63) is 187 Å². The van der Waals surface area contributed by atoms with Crippen LogP contribution >= 0.6 is 0 Å². The van der Waals surface area contributed by atoms with Crippen LogP contribution in [0.5, 0.6) is 0 Å². The molecule has 3 aromatic heterocycles. The molecule has 3 heterocycles. The number of para-hydroxylation sites is 6. The minimum absolute atomic E-state index is 0.546. The Hall–Kier alpha value is -7.86. The molecule has 0 N–H and O–H groups in total. The summed E-state index contributed by atoms with van der Waals surface area (Å²) in [6, 6.07) is 65.9. The highest BCUT2D eigenvalue weighted by Gasteiger charge is 2.23. The summed E-state index contributed by atoms with van der Waals surface area (Å²) in [5.41, 5.74) is 12.4. The number of hydrogen-bond donors (Lipinski definition) is 0. The number of aromatic nitrogens is 3. The first-order valence-corrected chi connectivity index (χ1v) is 18.3. The molecule has 0 bridgehead atoms. The van der Waals surface area contributed by atoms with Gasteiger partial charge < -0.3 is 13.7 Å². The largest absolute Gasteiger partial charge is 0.309 e. The first-order valence-electron chi connectivity index (χ1n) is 18.3. The smallest absolute Gasteiger partial charge is 0.101 e. The minimum atomic E-state index is 0.546. The van der Waals surface area contributed by atoms with Crippen molar-refractivity contribution < 1.29 is 0 Å². The first kappa shape index (κ1) is 30.7. The number of nitriles is 2. The summed E-state index contributed by atoms with van der Waals surface area (Å²) >= 11 is 0. The predicted molar refractivity (Wildman–Crippen MR) is 224 cm³/mol. The molecule has 0 fully saturated rings. The lowest BCUT2D eigenvalue weighted by atomic mass is 9.99. The van der Waals surface area contributed by atoms with Crippen LogP contribution < -0.4 is 0 Å². The van der Waals surface area contributed by atoms with Crippen LogP contribution in [0.1, 0.15) is 11.1 Å². The summed E-state index contributed by atoms with van der Waals surface area (Å²) in [5.74, 6) is 0. The summed E-state index contributed by atoms with van der Waals surface area (Å²) in [6.07, 6.45) is 0. The second-order valence-electron chi connectivity index (χ2n) is 13.9. The minimum Gasteiger partial charge on any atom is -0.309 e. The van der Waals surface area contributed by atoms with Gasteiger partial charge in [0, 0.05) is 43.4 Å². The van der Waals surface area contributed by atoms with E-state index in [1.165, 1.54) is 27.2 Å². The van der Waals surface area contributed by atoms with Gasteiger partial charge in [0.15, 0.2) is 0 Å². The van der Waals surface area contributed by atoms with Crippen molar-refractivity contribution in [1.82, 2.24) is 13.7 Å². The van der Waals surface area contributed by atoms with Crippen LogP contribution in [-0.4, -0.2) is 13.7 Å². The van der Waals surface area contributed by atoms with Gasteiger partial charge in [0.05, 0.1) is 67.4 Å². The number of benzene rings is 8. The zero-order valence-corrected chi connectivity index (χ0v) is 29.5. The topological polar surface area (TPSA) is 62.4 Å². The van der Waals surface area contributed by atoms with Crippen molar-refractivity contribution in [3.8, 4) is 40.3 Å². The molecule has 0 amide bonds. The maximum absolute atomic E-state index is 10.4. The van der Waals surface area contributed by atoms with Gasteiger partial charge in [-0.2, -0.15) is 10.5 Å². The van der Waals surface area contributed by atoms with Gasteiger partial charge in [-0.3, -0.25) is 0 Å². The highest BCUT2D eigenvalue weighted by molar-refractivity contribution is 6.17. The van der Waals surface area contributed by atoms with Crippen LogP contribution in [0.25, 0.3) is 93.6 Å². The van der Waals surface area contributed by atoms with Crippen LogP contribution in [0.4, 0.5) is 0 Å². The van der Waals surface area contributed by atoms with Crippen molar-refractivity contribution in [2.75, 3.05) is 0 Å². The van der Waals surface area contributed by atoms with Crippen LogP contribution in [-0.2, 0) is 0 Å². The predicted octanol–water partition coefficient (Wildman–Crippen LogP) is 12.4. The summed E-state index contributed by atoms with van der Waals surface area (Å²) in [4.78, 5) is 0. The molecule has 0 aliphatic carbocycles. The van der Waals surface area contributed by atoms with E-state index in [0.29, 0.717) is 11.1 Å². The monoisotopic (exact) mass is 699 g/mol. The number of rotatable bonds is 4. The highest BCUT2D eigenvalue weighted by Crippen LogP contribution is 2.43. The van der Waals surface area contributed by atoms with Gasteiger partial charge in [-0.15, -0.1) is 0 Å². The van der Waals surface area contributed by atoms with Gasteiger partial charge in [-0.05, 0) is 60.7 Å². The van der Waals surface area contributed by atoms with Gasteiger partial charge >= 0.3 is 0 Å². The fourth-order valence-corrected chi connectivity index (χ4v) is 8.90. The van der Waals surface area contributed by atoms with Crippen LogP contribution in [0, 0.1) is 22.7 Å². The Labute approximate surface area is 316 Å². The zero-order chi connectivity index (χ0) is 36.6. The van der Waals surface area contributed by atoms with Crippen molar-refractivity contribution in [3.63, 3.8) is 0 Å². The second-order valence-corrected chi connectivity index (χ2v) is 13.9. The normalized spacial score (nSPS) is 11.6. The SMILES string of the molecule is N#Cc1ccc(-c2ccccc2-n2c3ccccc3c3c(-n4c5ccccc5c5ccccc54)cccc32)c(-n2c3ccccc3c3cccc(C#N)c32)c1. The second kappa shape index (κ2) is 11.8. The Morgan fingerprint density at radius 3 is 1.53 bits per heavy atom. The molecule has 5 nitrogen and oxygen atoms in total. The van der Waals surface area contributed by atoms with Crippen LogP contribution in [0.15, 0.2) is 176 Å². The van der Waals surface area contributed by atoms with Crippen molar-refractivity contribution in [2.24, 2.45) is 0 Å². The molecule has 0 aliphatic rings. The fraction of sp³-hybridized carbons (Fsp3) is 0. The summed E-state index contributed by atoms with van der Waals surface area (Å²) in [6.45, 7) is 0. The number of hydrogen-bond acceptors (Lipinski definition) is 2. The summed E-state index contributed by atoms with van der Waals surface area (Å²) in [7, 11) is 0. The van der Waals surface area contributed by atoms with E-state index in [-0.39, 0.29) is 0 Å². The molecule has 55 heavy (non-hydrogen) atoms. The Balaban J connectivity index is 1.24. The maximum atomic E-state index is 10.4.